The fourth-order valence-electron chi connectivity index (χ4n) is 0.594. The molecule has 1 rings (SSSR count). The molecule has 0 saturated heterocycles. The van der Waals surface area contributed by atoms with Crippen molar-refractivity contribution in [1.82, 2.24) is 9.78 Å². The molecule has 0 aliphatic carbocycles. The van der Waals surface area contributed by atoms with Crippen molar-refractivity contribution in [2.45, 2.75) is 6.55 Å². The van der Waals surface area contributed by atoms with Gasteiger partial charge in [0.15, 0.2) is 5.69 Å². The Kier molecular flexibility index (Phi) is 2.38. The molecular formula is C5H2F2IN3. The van der Waals surface area contributed by atoms with E-state index < -0.39 is 6.55 Å². The van der Waals surface area contributed by atoms with E-state index in [1.54, 1.807) is 28.7 Å². The van der Waals surface area contributed by atoms with Crippen molar-refractivity contribution in [1.29, 1.82) is 5.26 Å². The Balaban J connectivity index is 3.19. The van der Waals surface area contributed by atoms with Gasteiger partial charge in [-0.25, -0.2) is 0 Å². The van der Waals surface area contributed by atoms with Crippen LogP contribution in [0.1, 0.15) is 12.2 Å². The van der Waals surface area contributed by atoms with E-state index in [0.717, 1.165) is 0 Å². The van der Waals surface area contributed by atoms with Gasteiger partial charge in [0.05, 0.1) is 9.77 Å². The van der Waals surface area contributed by atoms with Gasteiger partial charge in [-0.05, 0) is 22.6 Å². The number of nitriles is 1. The minimum absolute atomic E-state index is 0.0967. The maximum absolute atomic E-state index is 12.0. The molecule has 0 N–H and O–H groups in total. The fraction of sp³-hybridized carbons (Fsp3) is 0.200. The Hall–Kier alpha value is -0.710. The molecule has 0 bridgehead atoms. The Labute approximate surface area is 74.8 Å². The van der Waals surface area contributed by atoms with E-state index in [4.69, 9.17) is 5.26 Å². The van der Waals surface area contributed by atoms with Gasteiger partial charge >= 0.3 is 6.55 Å². The Morgan fingerprint density at radius 2 is 2.36 bits per heavy atom. The first-order chi connectivity index (χ1) is 5.16. The van der Waals surface area contributed by atoms with Crippen LogP contribution >= 0.6 is 22.6 Å². The van der Waals surface area contributed by atoms with Gasteiger partial charge in [-0.15, -0.1) is 0 Å². The highest BCUT2D eigenvalue weighted by molar-refractivity contribution is 14.1. The predicted octanol–water partition coefficient (Wildman–Crippen LogP) is 1.75. The normalized spacial score (nSPS) is 10.1. The third-order valence-corrected chi connectivity index (χ3v) is 1.83. The molecule has 0 spiro atoms. The highest BCUT2D eigenvalue weighted by Gasteiger charge is 2.14. The number of rotatable bonds is 1. The highest BCUT2D eigenvalue weighted by Crippen LogP contribution is 2.16. The summed E-state index contributed by atoms with van der Waals surface area (Å²) in [5.41, 5.74) is -0.0967. The third-order valence-electron chi connectivity index (χ3n) is 1.04. The molecule has 3 nitrogen and oxygen atoms in total. The summed E-state index contributed by atoms with van der Waals surface area (Å²) >= 11 is 1.78. The Bertz CT molecular complexity index is 301. The molecule has 0 aliphatic rings. The summed E-state index contributed by atoms with van der Waals surface area (Å²) in [6.45, 7) is -2.74. The summed E-state index contributed by atoms with van der Waals surface area (Å²) in [6, 6.07) is 1.64. The molecule has 0 aromatic carbocycles. The van der Waals surface area contributed by atoms with E-state index in [9.17, 15) is 8.78 Å². The standard InChI is InChI=1S/C5H2F2IN3/c6-5(7)11-4(1-9)3(8)2-10-11/h2,5H. The minimum atomic E-state index is -2.74. The van der Waals surface area contributed by atoms with Crippen molar-refractivity contribution in [2.24, 2.45) is 0 Å². The van der Waals surface area contributed by atoms with E-state index in [1.165, 1.54) is 6.20 Å². The summed E-state index contributed by atoms with van der Waals surface area (Å²) < 4.78 is 24.8. The summed E-state index contributed by atoms with van der Waals surface area (Å²) in [7, 11) is 0. The maximum atomic E-state index is 12.0. The molecule has 0 fully saturated rings. The zero-order valence-electron chi connectivity index (χ0n) is 5.13. The topological polar surface area (TPSA) is 41.6 Å². The van der Waals surface area contributed by atoms with Crippen LogP contribution in [0, 0.1) is 14.9 Å². The lowest BCUT2D eigenvalue weighted by atomic mass is 10.5. The zero-order chi connectivity index (χ0) is 8.43. The van der Waals surface area contributed by atoms with Gasteiger partial charge in [-0.1, -0.05) is 0 Å². The lowest BCUT2D eigenvalue weighted by Crippen LogP contribution is -2.02. The lowest BCUT2D eigenvalue weighted by molar-refractivity contribution is 0.0556. The number of halogens is 3. The van der Waals surface area contributed by atoms with E-state index >= 15 is 0 Å². The van der Waals surface area contributed by atoms with Crippen LogP contribution in [-0.2, 0) is 0 Å². The van der Waals surface area contributed by atoms with Crippen LogP contribution in [0.15, 0.2) is 6.20 Å². The molecular weight excluding hydrogens is 267 g/mol. The monoisotopic (exact) mass is 269 g/mol. The van der Waals surface area contributed by atoms with Crippen LogP contribution in [0.4, 0.5) is 8.78 Å². The summed E-state index contributed by atoms with van der Waals surface area (Å²) in [5, 5.41) is 11.7. The van der Waals surface area contributed by atoms with Crippen LogP contribution in [0.5, 0.6) is 0 Å². The number of hydrogen-bond donors (Lipinski definition) is 0. The van der Waals surface area contributed by atoms with Crippen molar-refractivity contribution in [2.75, 3.05) is 0 Å². The van der Waals surface area contributed by atoms with Crippen LogP contribution in [0.2, 0.25) is 0 Å². The molecule has 0 amide bonds. The number of hydrogen-bond acceptors (Lipinski definition) is 2. The van der Waals surface area contributed by atoms with Gasteiger partial charge in [-0.3, -0.25) is 0 Å². The van der Waals surface area contributed by atoms with Crippen molar-refractivity contribution >= 4 is 22.6 Å². The van der Waals surface area contributed by atoms with Crippen LogP contribution < -0.4 is 0 Å². The SMILES string of the molecule is N#Cc1c(I)cnn1C(F)F. The summed E-state index contributed by atoms with van der Waals surface area (Å²) in [6.07, 6.45) is 1.23. The van der Waals surface area contributed by atoms with Crippen molar-refractivity contribution < 1.29 is 8.78 Å². The predicted molar refractivity (Wildman–Crippen MR) is 40.9 cm³/mol. The molecule has 0 radical (unpaired) electrons. The van der Waals surface area contributed by atoms with Gasteiger partial charge < -0.3 is 0 Å². The molecule has 0 unspecified atom stereocenters. The Morgan fingerprint density at radius 1 is 1.73 bits per heavy atom. The largest absolute Gasteiger partial charge is 0.334 e. The molecule has 0 atom stereocenters. The smallest absolute Gasteiger partial charge is 0.192 e. The molecule has 0 saturated carbocycles. The van der Waals surface area contributed by atoms with E-state index in [2.05, 4.69) is 5.10 Å². The zero-order valence-corrected chi connectivity index (χ0v) is 7.29. The number of nitrogens with zero attached hydrogens (tertiary/aromatic N) is 3. The average molecular weight is 269 g/mol. The third kappa shape index (κ3) is 1.48. The van der Waals surface area contributed by atoms with E-state index in [0.29, 0.717) is 8.25 Å². The molecule has 1 aromatic rings. The number of alkyl halides is 2. The molecule has 1 heterocycles. The quantitative estimate of drug-likeness (QED) is 0.729. The first-order valence-electron chi connectivity index (χ1n) is 2.58. The van der Waals surface area contributed by atoms with Gasteiger partial charge in [0.25, 0.3) is 0 Å². The van der Waals surface area contributed by atoms with Crippen molar-refractivity contribution in [3.8, 4) is 6.07 Å². The summed E-state index contributed by atoms with van der Waals surface area (Å²) in [5.74, 6) is 0. The molecule has 11 heavy (non-hydrogen) atoms. The molecule has 1 aromatic heterocycles. The maximum Gasteiger partial charge on any atom is 0.334 e. The molecule has 58 valence electrons. The van der Waals surface area contributed by atoms with E-state index in [-0.39, 0.29) is 5.69 Å². The van der Waals surface area contributed by atoms with Crippen LogP contribution in [0.25, 0.3) is 0 Å². The van der Waals surface area contributed by atoms with Crippen LogP contribution in [0.3, 0.4) is 0 Å². The van der Waals surface area contributed by atoms with Gasteiger partial charge in [0.2, 0.25) is 0 Å². The summed E-state index contributed by atoms with van der Waals surface area (Å²) in [4.78, 5) is 0. The van der Waals surface area contributed by atoms with Gasteiger partial charge in [0, 0.05) is 0 Å². The molecule has 0 aliphatic heterocycles. The molecule has 6 heteroatoms. The van der Waals surface area contributed by atoms with Crippen molar-refractivity contribution in [3.05, 3.63) is 15.5 Å². The Morgan fingerprint density at radius 3 is 2.73 bits per heavy atom. The highest BCUT2D eigenvalue weighted by atomic mass is 127. The second kappa shape index (κ2) is 3.13. The van der Waals surface area contributed by atoms with Crippen molar-refractivity contribution in [3.63, 3.8) is 0 Å². The lowest BCUT2D eigenvalue weighted by Gasteiger charge is -1.97. The second-order valence-corrected chi connectivity index (χ2v) is 2.84. The number of aromatic nitrogens is 2. The van der Waals surface area contributed by atoms with E-state index in [1.807, 2.05) is 0 Å². The first-order valence-corrected chi connectivity index (χ1v) is 3.66. The van der Waals surface area contributed by atoms with Crippen LogP contribution in [-0.4, -0.2) is 9.78 Å². The first kappa shape index (κ1) is 8.39. The second-order valence-electron chi connectivity index (χ2n) is 1.68. The van der Waals surface area contributed by atoms with Gasteiger partial charge in [-0.2, -0.15) is 23.8 Å². The van der Waals surface area contributed by atoms with Gasteiger partial charge in [0.1, 0.15) is 6.07 Å². The fourth-order valence-corrected chi connectivity index (χ4v) is 1.09. The minimum Gasteiger partial charge on any atom is -0.192 e. The average Bonchev–Trinajstić information content (AvgIpc) is 2.30.